The number of aliphatic hydroxyl groups is 1. The molecule has 0 radical (unpaired) electrons. The van der Waals surface area contributed by atoms with E-state index in [2.05, 4.69) is 16.0 Å². The molecule has 1 aromatic rings. The molecule has 3 amide bonds. The van der Waals surface area contributed by atoms with Gasteiger partial charge in [-0.25, -0.2) is 4.79 Å². The van der Waals surface area contributed by atoms with Gasteiger partial charge in [0.25, 0.3) is 0 Å². The summed E-state index contributed by atoms with van der Waals surface area (Å²) in [6, 6.07) is 8.10. The maximum absolute atomic E-state index is 13.0. The predicted molar refractivity (Wildman–Crippen MR) is 140 cm³/mol. The van der Waals surface area contributed by atoms with Gasteiger partial charge in [-0.15, -0.1) is 0 Å². The van der Waals surface area contributed by atoms with E-state index in [1.54, 1.807) is 20.8 Å². The van der Waals surface area contributed by atoms with Crippen molar-refractivity contribution in [2.75, 3.05) is 6.54 Å². The zero-order chi connectivity index (χ0) is 26.6. The number of benzene rings is 1. The van der Waals surface area contributed by atoms with Crippen LogP contribution in [-0.4, -0.2) is 53.3 Å². The van der Waals surface area contributed by atoms with Gasteiger partial charge in [0, 0.05) is 6.42 Å². The van der Waals surface area contributed by atoms with Crippen LogP contribution in [0.15, 0.2) is 30.3 Å². The van der Waals surface area contributed by atoms with Crippen LogP contribution in [0.5, 0.6) is 0 Å². The average Bonchev–Trinajstić information content (AvgIpc) is 2.82. The third-order valence-corrected chi connectivity index (χ3v) is 6.42. The first-order valence-corrected chi connectivity index (χ1v) is 13.4. The second kappa shape index (κ2) is 14.8. The predicted octanol–water partition coefficient (Wildman–Crippen LogP) is 3.85. The second-order valence-corrected chi connectivity index (χ2v) is 10.9. The van der Waals surface area contributed by atoms with Crippen LogP contribution in [0, 0.1) is 5.92 Å². The third kappa shape index (κ3) is 11.4. The molecule has 4 N–H and O–H groups in total. The van der Waals surface area contributed by atoms with Crippen molar-refractivity contribution >= 4 is 17.9 Å². The lowest BCUT2D eigenvalue weighted by Gasteiger charge is -2.30. The number of hydrogen-bond donors (Lipinski definition) is 4. The maximum Gasteiger partial charge on any atom is 0.408 e. The minimum atomic E-state index is -0.904. The van der Waals surface area contributed by atoms with Gasteiger partial charge in [0.15, 0.2) is 0 Å². The molecule has 1 aromatic carbocycles. The molecule has 1 saturated carbocycles. The molecular formula is C28H45N3O5. The number of carbonyl (C=O) groups excluding carboxylic acids is 3. The number of aliphatic hydroxyl groups excluding tert-OH is 1. The van der Waals surface area contributed by atoms with E-state index >= 15 is 0 Å². The lowest BCUT2D eigenvalue weighted by atomic mass is 9.83. The van der Waals surface area contributed by atoms with Gasteiger partial charge in [0.1, 0.15) is 11.6 Å². The van der Waals surface area contributed by atoms with Gasteiger partial charge in [-0.1, -0.05) is 75.8 Å². The van der Waals surface area contributed by atoms with E-state index in [0.29, 0.717) is 12.3 Å². The summed E-state index contributed by atoms with van der Waals surface area (Å²) in [6.45, 7) is 7.02. The highest BCUT2D eigenvalue weighted by molar-refractivity contribution is 5.89. The molecule has 36 heavy (non-hydrogen) atoms. The van der Waals surface area contributed by atoms with Crippen molar-refractivity contribution in [3.05, 3.63) is 35.9 Å². The number of carbonyl (C=O) groups is 3. The first-order chi connectivity index (χ1) is 17.1. The second-order valence-electron chi connectivity index (χ2n) is 10.9. The van der Waals surface area contributed by atoms with Crippen molar-refractivity contribution in [1.29, 1.82) is 0 Å². The van der Waals surface area contributed by atoms with E-state index in [9.17, 15) is 19.5 Å². The zero-order valence-corrected chi connectivity index (χ0v) is 22.3. The minimum absolute atomic E-state index is 0.236. The summed E-state index contributed by atoms with van der Waals surface area (Å²) in [4.78, 5) is 38.1. The van der Waals surface area contributed by atoms with Crippen LogP contribution in [-0.2, 0) is 20.7 Å². The van der Waals surface area contributed by atoms with Crippen LogP contribution >= 0.6 is 0 Å². The highest BCUT2D eigenvalue weighted by Gasteiger charge is 2.27. The summed E-state index contributed by atoms with van der Waals surface area (Å²) < 4.78 is 5.32. The van der Waals surface area contributed by atoms with Crippen molar-refractivity contribution < 1.29 is 24.2 Å². The van der Waals surface area contributed by atoms with Gasteiger partial charge < -0.3 is 25.8 Å². The van der Waals surface area contributed by atoms with E-state index in [0.717, 1.165) is 31.2 Å². The Morgan fingerprint density at radius 3 is 2.33 bits per heavy atom. The minimum Gasteiger partial charge on any atom is -0.444 e. The van der Waals surface area contributed by atoms with Crippen LogP contribution in [0.1, 0.15) is 84.6 Å². The molecule has 8 nitrogen and oxygen atoms in total. The van der Waals surface area contributed by atoms with Gasteiger partial charge in [-0.05, 0) is 45.1 Å². The third-order valence-electron chi connectivity index (χ3n) is 6.42. The highest BCUT2D eigenvalue weighted by atomic mass is 16.6. The van der Waals surface area contributed by atoms with Crippen LogP contribution in [0.4, 0.5) is 4.79 Å². The Bertz CT molecular complexity index is 818. The van der Waals surface area contributed by atoms with E-state index in [-0.39, 0.29) is 24.9 Å². The lowest BCUT2D eigenvalue weighted by molar-refractivity contribution is -0.128. The summed E-state index contributed by atoms with van der Waals surface area (Å²) >= 11 is 0. The van der Waals surface area contributed by atoms with Gasteiger partial charge >= 0.3 is 6.09 Å². The summed E-state index contributed by atoms with van der Waals surface area (Å²) in [7, 11) is 0. The Morgan fingerprint density at radius 1 is 1.06 bits per heavy atom. The van der Waals surface area contributed by atoms with E-state index in [4.69, 9.17) is 4.74 Å². The Hall–Kier alpha value is -2.61. The SMILES string of the molecule is CCC[C@H](O)[C@H](CC1CCCCC1)NC(=O)CNC(=O)[C@H](Cc1ccccc1)NC(=O)OC(C)(C)C. The Morgan fingerprint density at radius 2 is 1.72 bits per heavy atom. The molecule has 0 unspecified atom stereocenters. The van der Waals surface area contributed by atoms with Crippen LogP contribution in [0.3, 0.4) is 0 Å². The van der Waals surface area contributed by atoms with Crippen LogP contribution in [0.25, 0.3) is 0 Å². The van der Waals surface area contributed by atoms with E-state index in [1.807, 2.05) is 37.3 Å². The largest absolute Gasteiger partial charge is 0.444 e. The van der Waals surface area contributed by atoms with E-state index in [1.165, 1.54) is 19.3 Å². The smallest absolute Gasteiger partial charge is 0.408 e. The fourth-order valence-corrected chi connectivity index (χ4v) is 4.65. The topological polar surface area (TPSA) is 117 Å². The fourth-order valence-electron chi connectivity index (χ4n) is 4.65. The van der Waals surface area contributed by atoms with Crippen molar-refractivity contribution in [3.63, 3.8) is 0 Å². The molecule has 1 aliphatic carbocycles. The van der Waals surface area contributed by atoms with Crippen molar-refractivity contribution in [2.24, 2.45) is 5.92 Å². The van der Waals surface area contributed by atoms with Gasteiger partial charge in [0.05, 0.1) is 18.7 Å². The van der Waals surface area contributed by atoms with Gasteiger partial charge in [-0.3, -0.25) is 9.59 Å². The Kier molecular flexibility index (Phi) is 12.2. The number of nitrogens with one attached hydrogen (secondary N) is 3. The molecule has 202 valence electrons. The van der Waals surface area contributed by atoms with Gasteiger partial charge in [-0.2, -0.15) is 0 Å². The van der Waals surface area contributed by atoms with Gasteiger partial charge in [0.2, 0.25) is 11.8 Å². The molecule has 0 saturated heterocycles. The number of alkyl carbamates (subject to hydrolysis) is 1. The molecule has 0 spiro atoms. The number of hydrogen-bond acceptors (Lipinski definition) is 5. The summed E-state index contributed by atoms with van der Waals surface area (Å²) in [5.41, 5.74) is 0.165. The fraction of sp³-hybridized carbons (Fsp3) is 0.679. The quantitative estimate of drug-likeness (QED) is 0.346. The molecule has 0 aliphatic heterocycles. The zero-order valence-electron chi connectivity index (χ0n) is 22.3. The molecule has 1 fully saturated rings. The molecule has 0 bridgehead atoms. The lowest BCUT2D eigenvalue weighted by Crippen LogP contribution is -2.52. The molecular weight excluding hydrogens is 458 g/mol. The van der Waals surface area contributed by atoms with Crippen molar-refractivity contribution in [3.8, 4) is 0 Å². The first-order valence-electron chi connectivity index (χ1n) is 13.4. The van der Waals surface area contributed by atoms with Crippen molar-refractivity contribution in [1.82, 2.24) is 16.0 Å². The molecule has 1 aliphatic rings. The van der Waals surface area contributed by atoms with Crippen LogP contribution in [0.2, 0.25) is 0 Å². The monoisotopic (exact) mass is 503 g/mol. The molecule has 0 heterocycles. The molecule has 0 aromatic heterocycles. The van der Waals surface area contributed by atoms with Crippen molar-refractivity contribution in [2.45, 2.75) is 109 Å². The molecule has 3 atom stereocenters. The normalized spacial score (nSPS) is 16.9. The molecule has 8 heteroatoms. The first kappa shape index (κ1) is 29.6. The number of amides is 3. The Labute approximate surface area is 215 Å². The summed E-state index contributed by atoms with van der Waals surface area (Å²) in [6.07, 6.45) is 7.02. The Balaban J connectivity index is 1.97. The number of ether oxygens (including phenoxy) is 1. The highest BCUT2D eigenvalue weighted by Crippen LogP contribution is 2.28. The average molecular weight is 504 g/mol. The number of rotatable bonds is 12. The summed E-state index contributed by atoms with van der Waals surface area (Å²) in [5.74, 6) is -0.328. The van der Waals surface area contributed by atoms with E-state index < -0.39 is 29.7 Å². The summed E-state index contributed by atoms with van der Waals surface area (Å²) in [5, 5.41) is 18.9. The maximum atomic E-state index is 13.0. The standard InChI is InChI=1S/C28H45N3O5/c1-5-12-24(32)22(17-20-13-8-6-9-14-20)30-25(33)19-29-26(34)23(18-21-15-10-7-11-16-21)31-27(35)36-28(2,3)4/h7,10-11,15-16,20,22-24,32H,5-6,8-9,12-14,17-19H2,1-4H3,(H,29,34)(H,30,33)(H,31,35)/t22-,23-,24-/m0/s1. The molecule has 2 rings (SSSR count). The van der Waals surface area contributed by atoms with Crippen LogP contribution < -0.4 is 16.0 Å².